The Morgan fingerprint density at radius 3 is 2.38 bits per heavy atom. The van der Waals surface area contributed by atoms with Gasteiger partial charge >= 0.3 is 5.97 Å². The van der Waals surface area contributed by atoms with E-state index >= 15 is 0 Å². The third kappa shape index (κ3) is 9.11. The number of carboxylic acid groups (broad SMARTS) is 1. The van der Waals surface area contributed by atoms with E-state index in [9.17, 15) is 24.5 Å². The molecule has 0 radical (unpaired) electrons. The van der Waals surface area contributed by atoms with Gasteiger partial charge in [0.2, 0.25) is 0 Å². The number of nitrogens with zero attached hydrogens (tertiary/aromatic N) is 5. The van der Waals surface area contributed by atoms with Crippen LogP contribution in [0.15, 0.2) is 48.7 Å². The molecule has 3 atom stereocenters. The summed E-state index contributed by atoms with van der Waals surface area (Å²) in [5.74, 6) is 0.131. The number of aromatic nitrogens is 3. The van der Waals surface area contributed by atoms with Crippen LogP contribution in [0.3, 0.4) is 0 Å². The van der Waals surface area contributed by atoms with Crippen molar-refractivity contribution < 1.29 is 61.3 Å². The van der Waals surface area contributed by atoms with Gasteiger partial charge in [-0.15, -0.1) is 13.0 Å². The zero-order valence-electron chi connectivity index (χ0n) is 29.4. The second-order valence-electron chi connectivity index (χ2n) is 11.5. The average Bonchev–Trinajstić information content (AvgIpc) is 3.43. The number of hydrogen-bond acceptors (Lipinski definition) is 9. The molecule has 3 unspecified atom stereocenters. The first-order valence-electron chi connectivity index (χ1n) is 16.5. The number of methoxy groups -OCH3 is 1. The molecule has 1 saturated carbocycles. The summed E-state index contributed by atoms with van der Waals surface area (Å²) < 4.78 is 22.8. The van der Waals surface area contributed by atoms with E-state index in [0.29, 0.717) is 48.3 Å². The Hall–Kier alpha value is -3.34. The molecule has 0 amide bonds. The number of anilines is 1. The molecular weight excluding hydrogens is 765 g/mol. The number of fused-ring (bicyclic) bond motifs is 2. The first-order chi connectivity index (χ1) is 23.8. The van der Waals surface area contributed by atoms with Crippen LogP contribution in [0.5, 0.6) is 17.2 Å². The van der Waals surface area contributed by atoms with Crippen molar-refractivity contribution in [3.63, 3.8) is 0 Å². The molecule has 268 valence electrons. The Labute approximate surface area is 318 Å². The minimum Gasteiger partial charge on any atom is -0.504 e. The molecule has 0 bridgehead atoms. The van der Waals surface area contributed by atoms with Gasteiger partial charge in [0.05, 0.1) is 50.2 Å². The fourth-order valence-electron chi connectivity index (χ4n) is 6.28. The van der Waals surface area contributed by atoms with Crippen LogP contribution in [0.4, 0.5) is 10.1 Å². The van der Waals surface area contributed by atoms with E-state index in [1.54, 1.807) is 18.3 Å². The predicted molar refractivity (Wildman–Crippen MR) is 189 cm³/mol. The van der Waals surface area contributed by atoms with Crippen LogP contribution in [-0.4, -0.2) is 92.9 Å². The van der Waals surface area contributed by atoms with Gasteiger partial charge < -0.3 is 34.3 Å². The molecule has 2 aromatic heterocycles. The third-order valence-electron chi connectivity index (χ3n) is 8.94. The van der Waals surface area contributed by atoms with Gasteiger partial charge in [-0.3, -0.25) is 14.3 Å². The number of aromatic carboxylic acids is 1. The Kier molecular flexibility index (Phi) is 15.9. The molecule has 11 nitrogen and oxygen atoms in total. The topological polar surface area (TPSA) is 133 Å². The van der Waals surface area contributed by atoms with E-state index < -0.39 is 5.97 Å². The molecule has 7 rings (SSSR count). The maximum atomic E-state index is 11.8. The second-order valence-corrected chi connectivity index (χ2v) is 11.9. The Morgan fingerprint density at radius 1 is 1.10 bits per heavy atom. The zero-order chi connectivity index (χ0) is 35.7. The van der Waals surface area contributed by atoms with Crippen molar-refractivity contribution in [3.05, 3.63) is 77.2 Å². The molecule has 3 fully saturated rings. The van der Waals surface area contributed by atoms with E-state index in [1.165, 1.54) is 19.2 Å². The maximum absolute atomic E-state index is 11.8. The minimum absolute atomic E-state index is 0. The summed E-state index contributed by atoms with van der Waals surface area (Å²) in [7, 11) is 2.03. The van der Waals surface area contributed by atoms with Crippen molar-refractivity contribution >= 4 is 34.3 Å². The van der Waals surface area contributed by atoms with E-state index in [1.807, 2.05) is 45.4 Å². The summed E-state index contributed by atoms with van der Waals surface area (Å²) in [4.78, 5) is 25.3. The largest absolute Gasteiger partial charge is 0.504 e. The zero-order valence-corrected chi connectivity index (χ0v) is 34.1. The van der Waals surface area contributed by atoms with Gasteiger partial charge in [0.15, 0.2) is 11.5 Å². The summed E-state index contributed by atoms with van der Waals surface area (Å²) in [5.41, 5.74) is 3.19. The quantitative estimate of drug-likeness (QED) is 0.100. The van der Waals surface area contributed by atoms with Crippen LogP contribution >= 0.6 is 11.6 Å². The normalized spacial score (nSPS) is 18.9. The van der Waals surface area contributed by atoms with Crippen LogP contribution in [0.2, 0.25) is 5.02 Å². The molecule has 14 heteroatoms. The number of imidazole rings is 1. The predicted octanol–water partition coefficient (Wildman–Crippen LogP) is 6.71. The third-order valence-corrected chi connectivity index (χ3v) is 9.16. The number of para-hydroxylation sites is 1. The van der Waals surface area contributed by atoms with E-state index in [-0.39, 0.29) is 56.5 Å². The Morgan fingerprint density at radius 2 is 1.82 bits per heavy atom. The molecule has 2 aromatic carbocycles. The van der Waals surface area contributed by atoms with Crippen molar-refractivity contribution in [3.8, 4) is 17.2 Å². The molecule has 50 heavy (non-hydrogen) atoms. The van der Waals surface area contributed by atoms with Gasteiger partial charge in [0.25, 0.3) is 0 Å². The molecule has 0 spiro atoms. The Bertz CT molecular complexity index is 1690. The second kappa shape index (κ2) is 19.3. The number of alkyl halides is 1. The Balaban J connectivity index is 0.000000415. The first-order valence-corrected chi connectivity index (χ1v) is 16.9. The van der Waals surface area contributed by atoms with Crippen molar-refractivity contribution in [1.29, 1.82) is 0 Å². The molecule has 3 aliphatic rings. The van der Waals surface area contributed by atoms with Crippen LogP contribution in [-0.2, 0) is 45.1 Å². The van der Waals surface area contributed by atoms with Crippen molar-refractivity contribution in [2.24, 2.45) is 0 Å². The monoisotopic (exact) mass is 812 g/mol. The first kappa shape index (κ1) is 41.1. The van der Waals surface area contributed by atoms with Crippen molar-refractivity contribution in [2.75, 3.05) is 38.9 Å². The minimum atomic E-state index is -1.01. The van der Waals surface area contributed by atoms with Gasteiger partial charge in [-0.2, -0.15) is 6.07 Å². The summed E-state index contributed by atoms with van der Waals surface area (Å²) in [5, 5.41) is 30.7. The number of halogens is 2. The van der Waals surface area contributed by atoms with Gasteiger partial charge in [0, 0.05) is 70.3 Å². The van der Waals surface area contributed by atoms with Crippen LogP contribution in [0.1, 0.15) is 61.9 Å². The molecule has 2 saturated heterocycles. The van der Waals surface area contributed by atoms with E-state index in [2.05, 4.69) is 19.4 Å². The van der Waals surface area contributed by atoms with Gasteiger partial charge in [0.1, 0.15) is 17.1 Å². The standard InChI is InChI=1S/C26H30N4O6.C7H7ClN.C2H6.CH3F.Cd/c1-35-22-12-15(26(33)34)11-20-24(22)27-23(30(20)13-16-7-10-36-16)14-28-8-9-29(18-6-5-17(18)28)19-3-2-4-21(31)25(19)32;1-2-7-4-3-6(8)5-9-7;2*1-2;/h2-4,11-12,16-18,31-32H,5-10,13-14H2,1H3,(H,33,34);2-5H,1H3;1-2H3;1H3;/q;-1;;;. The van der Waals surface area contributed by atoms with Crippen molar-refractivity contribution in [1.82, 2.24) is 19.4 Å². The van der Waals surface area contributed by atoms with E-state index in [0.717, 1.165) is 56.0 Å². The van der Waals surface area contributed by atoms with Crippen LogP contribution in [0, 0.1) is 6.42 Å². The number of benzene rings is 2. The molecule has 4 heterocycles. The number of rotatable bonds is 8. The maximum Gasteiger partial charge on any atom is 0.335 e. The van der Waals surface area contributed by atoms with Gasteiger partial charge in [-0.05, 0) is 43.5 Å². The number of phenols is 2. The van der Waals surface area contributed by atoms with Gasteiger partial charge in [-0.1, -0.05) is 37.2 Å². The molecule has 4 aromatic rings. The number of hydrogen-bond donors (Lipinski definition) is 3. The summed E-state index contributed by atoms with van der Waals surface area (Å²) in [6, 6.07) is 12.5. The molecule has 1 aliphatic carbocycles. The number of pyridine rings is 1. The fourth-order valence-corrected chi connectivity index (χ4v) is 6.40. The summed E-state index contributed by atoms with van der Waals surface area (Å²) in [6.07, 6.45) is 6.67. The number of carboxylic acids is 1. The smallest absolute Gasteiger partial charge is 0.335 e. The van der Waals surface area contributed by atoms with E-state index in [4.69, 9.17) is 26.1 Å². The SMILES string of the molecule is CC.CF.COc1cc(C(=O)O)cc2c1nc(CN1CCN(c3cccc(O)c3O)C3CCC31)n2CC1CCO1.C[CH-]c1ccc(Cl)cn1.[Cd]. The molecule has 2 aliphatic heterocycles. The number of aromatic hydroxyl groups is 2. The fraction of sp³-hybridized carbons (Fsp3) is 0.444. The van der Waals surface area contributed by atoms with Crippen LogP contribution in [0.25, 0.3) is 11.0 Å². The average molecular weight is 812 g/mol. The number of ether oxygens (including phenoxy) is 2. The van der Waals surface area contributed by atoms with Crippen molar-refractivity contribution in [2.45, 2.75) is 71.3 Å². The number of phenolic OH excluding ortho intramolecular Hbond substituents is 2. The number of carbonyl (C=O) groups is 1. The summed E-state index contributed by atoms with van der Waals surface area (Å²) >= 11 is 5.59. The van der Waals surface area contributed by atoms with Crippen LogP contribution < -0.4 is 9.64 Å². The summed E-state index contributed by atoms with van der Waals surface area (Å²) in [6.45, 7) is 9.41. The number of piperazine rings is 1. The van der Waals surface area contributed by atoms with Gasteiger partial charge in [-0.25, -0.2) is 16.2 Å². The molecular formula is C36H46CdClFN5O6-. The molecule has 3 N–H and O–H groups in total.